The third-order valence-corrected chi connectivity index (χ3v) is 8.27. The molecular formula is C30H27BrFN3O5S. The number of ether oxygens (including phenoxy) is 2. The first-order chi connectivity index (χ1) is 19.7. The summed E-state index contributed by atoms with van der Waals surface area (Å²) in [5, 5.41) is 4.00. The van der Waals surface area contributed by atoms with Crippen molar-refractivity contribution in [1.82, 2.24) is 5.43 Å². The van der Waals surface area contributed by atoms with Gasteiger partial charge in [0.15, 0.2) is 11.5 Å². The zero-order valence-corrected chi connectivity index (χ0v) is 24.7. The molecule has 0 aliphatic carbocycles. The number of nitrogens with one attached hydrogen (secondary N) is 1. The van der Waals surface area contributed by atoms with Crippen molar-refractivity contribution in [3.63, 3.8) is 0 Å². The average molecular weight is 641 g/mol. The number of hydrazone groups is 1. The maximum absolute atomic E-state index is 13.4. The first kappa shape index (κ1) is 29.8. The van der Waals surface area contributed by atoms with Crippen molar-refractivity contribution in [2.45, 2.75) is 18.4 Å². The molecule has 0 saturated carbocycles. The highest BCUT2D eigenvalue weighted by molar-refractivity contribution is 9.10. The largest absolute Gasteiger partial charge is 0.493 e. The predicted octanol–water partition coefficient (Wildman–Crippen LogP) is 5.83. The van der Waals surface area contributed by atoms with E-state index < -0.39 is 28.3 Å². The van der Waals surface area contributed by atoms with Gasteiger partial charge < -0.3 is 9.47 Å². The van der Waals surface area contributed by atoms with E-state index in [2.05, 4.69) is 26.5 Å². The molecule has 0 heterocycles. The second-order valence-electron chi connectivity index (χ2n) is 8.90. The molecule has 0 atom stereocenters. The Morgan fingerprint density at radius 2 is 1.71 bits per heavy atom. The molecule has 11 heteroatoms. The minimum absolute atomic E-state index is 0.151. The lowest BCUT2D eigenvalue weighted by Crippen LogP contribution is -2.39. The molecule has 4 rings (SSSR count). The SMILES string of the molecule is COc1cc(/C=N\NC(=O)CN(c2ccc(C)cc2)S(=O)(=O)c2ccc(F)cc2)cc(Br)c1OCc1ccccc1. The van der Waals surface area contributed by atoms with Gasteiger partial charge in [-0.15, -0.1) is 0 Å². The molecule has 0 bridgehead atoms. The molecule has 0 aromatic heterocycles. The maximum Gasteiger partial charge on any atom is 0.264 e. The Bertz CT molecular complexity index is 1630. The molecule has 4 aromatic rings. The van der Waals surface area contributed by atoms with Crippen LogP contribution in [0.25, 0.3) is 0 Å². The van der Waals surface area contributed by atoms with E-state index >= 15 is 0 Å². The van der Waals surface area contributed by atoms with Gasteiger partial charge in [-0.1, -0.05) is 48.0 Å². The lowest BCUT2D eigenvalue weighted by molar-refractivity contribution is -0.119. The molecule has 0 aliphatic rings. The molecule has 41 heavy (non-hydrogen) atoms. The monoisotopic (exact) mass is 639 g/mol. The van der Waals surface area contributed by atoms with Gasteiger partial charge in [0.2, 0.25) is 0 Å². The Kier molecular flexibility index (Phi) is 9.74. The van der Waals surface area contributed by atoms with Crippen LogP contribution in [-0.4, -0.2) is 34.2 Å². The van der Waals surface area contributed by atoms with Gasteiger partial charge in [0, 0.05) is 0 Å². The van der Waals surface area contributed by atoms with Gasteiger partial charge in [-0.25, -0.2) is 18.2 Å². The van der Waals surface area contributed by atoms with E-state index in [4.69, 9.17) is 9.47 Å². The summed E-state index contributed by atoms with van der Waals surface area (Å²) in [6.07, 6.45) is 1.40. The third kappa shape index (κ3) is 7.71. The van der Waals surface area contributed by atoms with Crippen molar-refractivity contribution in [2.75, 3.05) is 18.0 Å². The van der Waals surface area contributed by atoms with E-state index in [9.17, 15) is 17.6 Å². The standard InChI is InChI=1S/C30H27BrFN3O5S/c1-21-8-12-25(13-9-21)35(41(37,38)26-14-10-24(32)11-15-26)19-29(36)34-33-18-23-16-27(31)30(28(17-23)39-2)40-20-22-6-4-3-5-7-22/h3-18H,19-20H2,1-2H3,(H,34,36)/b33-18-. The van der Waals surface area contributed by atoms with Crippen molar-refractivity contribution in [2.24, 2.45) is 5.10 Å². The number of methoxy groups -OCH3 is 1. The Balaban J connectivity index is 1.48. The average Bonchev–Trinajstić information content (AvgIpc) is 2.96. The lowest BCUT2D eigenvalue weighted by atomic mass is 10.2. The van der Waals surface area contributed by atoms with E-state index in [0.717, 1.165) is 39.7 Å². The number of anilines is 1. The van der Waals surface area contributed by atoms with E-state index in [0.29, 0.717) is 28.1 Å². The Labute approximate surface area is 246 Å². The molecule has 0 aliphatic heterocycles. The van der Waals surface area contributed by atoms with Crippen LogP contribution in [0.15, 0.2) is 105 Å². The van der Waals surface area contributed by atoms with E-state index in [1.165, 1.54) is 13.3 Å². The summed E-state index contributed by atoms with van der Waals surface area (Å²) in [6.45, 7) is 1.65. The zero-order chi connectivity index (χ0) is 29.4. The molecule has 8 nitrogen and oxygen atoms in total. The number of carbonyl (C=O) groups is 1. The van der Waals surface area contributed by atoms with Crippen molar-refractivity contribution in [3.8, 4) is 11.5 Å². The van der Waals surface area contributed by atoms with Crippen LogP contribution in [0.4, 0.5) is 10.1 Å². The molecule has 0 spiro atoms. The van der Waals surface area contributed by atoms with E-state index in [1.807, 2.05) is 37.3 Å². The molecule has 212 valence electrons. The second kappa shape index (κ2) is 13.4. The summed E-state index contributed by atoms with van der Waals surface area (Å²) < 4.78 is 53.2. The number of hydrogen-bond donors (Lipinski definition) is 1. The van der Waals surface area contributed by atoms with Crippen molar-refractivity contribution in [3.05, 3.63) is 118 Å². The van der Waals surface area contributed by atoms with Gasteiger partial charge in [0.1, 0.15) is 19.0 Å². The van der Waals surface area contributed by atoms with Crippen LogP contribution in [0, 0.1) is 12.7 Å². The highest BCUT2D eigenvalue weighted by Crippen LogP contribution is 2.37. The van der Waals surface area contributed by atoms with Gasteiger partial charge >= 0.3 is 0 Å². The molecular weight excluding hydrogens is 613 g/mol. The quantitative estimate of drug-likeness (QED) is 0.165. The highest BCUT2D eigenvalue weighted by atomic mass is 79.9. The second-order valence-corrected chi connectivity index (χ2v) is 11.6. The van der Waals surface area contributed by atoms with Crippen molar-refractivity contribution < 1.29 is 27.1 Å². The molecule has 0 radical (unpaired) electrons. The van der Waals surface area contributed by atoms with Gasteiger partial charge in [-0.2, -0.15) is 5.10 Å². The number of carbonyl (C=O) groups excluding carboxylic acids is 1. The smallest absolute Gasteiger partial charge is 0.264 e. The van der Waals surface area contributed by atoms with E-state index in [-0.39, 0.29) is 10.6 Å². The first-order valence-electron chi connectivity index (χ1n) is 12.4. The van der Waals surface area contributed by atoms with Gasteiger partial charge in [0.25, 0.3) is 15.9 Å². The number of sulfonamides is 1. The third-order valence-electron chi connectivity index (χ3n) is 5.89. The highest BCUT2D eigenvalue weighted by Gasteiger charge is 2.27. The van der Waals surface area contributed by atoms with Crippen LogP contribution in [0.5, 0.6) is 11.5 Å². The molecule has 0 fully saturated rings. The summed E-state index contributed by atoms with van der Waals surface area (Å²) >= 11 is 3.49. The number of benzene rings is 4. The zero-order valence-electron chi connectivity index (χ0n) is 22.3. The fourth-order valence-electron chi connectivity index (χ4n) is 3.79. The number of hydrogen-bond acceptors (Lipinski definition) is 6. The maximum atomic E-state index is 13.4. The summed E-state index contributed by atoms with van der Waals surface area (Å²) in [5.74, 6) is -0.283. The number of amides is 1. The van der Waals surface area contributed by atoms with Gasteiger partial charge in [-0.05, 0) is 82.5 Å². The molecule has 4 aromatic carbocycles. The first-order valence-corrected chi connectivity index (χ1v) is 14.6. The summed E-state index contributed by atoms with van der Waals surface area (Å²) in [6, 6.07) is 24.2. The summed E-state index contributed by atoms with van der Waals surface area (Å²) in [4.78, 5) is 12.7. The fraction of sp³-hybridized carbons (Fsp3) is 0.133. The minimum atomic E-state index is -4.18. The predicted molar refractivity (Wildman–Crippen MR) is 159 cm³/mol. The Morgan fingerprint density at radius 1 is 1.02 bits per heavy atom. The van der Waals surface area contributed by atoms with Crippen LogP contribution in [0.1, 0.15) is 16.7 Å². The molecule has 1 N–H and O–H groups in total. The van der Waals surface area contributed by atoms with Gasteiger partial charge in [-0.3, -0.25) is 9.10 Å². The molecule has 0 saturated heterocycles. The Morgan fingerprint density at radius 3 is 2.37 bits per heavy atom. The van der Waals surface area contributed by atoms with E-state index in [1.54, 1.807) is 36.4 Å². The molecule has 0 unspecified atom stereocenters. The number of rotatable bonds is 11. The molecule has 1 amide bonds. The number of nitrogens with zero attached hydrogens (tertiary/aromatic N) is 2. The van der Waals surface area contributed by atoms with Crippen LogP contribution >= 0.6 is 15.9 Å². The fourth-order valence-corrected chi connectivity index (χ4v) is 5.78. The van der Waals surface area contributed by atoms with Crippen LogP contribution < -0.4 is 19.2 Å². The summed E-state index contributed by atoms with van der Waals surface area (Å²) in [5.41, 5.74) is 5.15. The topological polar surface area (TPSA) is 97.3 Å². The number of aryl methyl sites for hydroxylation is 1. The Hall–Kier alpha value is -4.22. The normalized spacial score (nSPS) is 11.3. The van der Waals surface area contributed by atoms with Crippen LogP contribution in [0.2, 0.25) is 0 Å². The minimum Gasteiger partial charge on any atom is -0.493 e. The van der Waals surface area contributed by atoms with Crippen LogP contribution in [-0.2, 0) is 21.4 Å². The van der Waals surface area contributed by atoms with Crippen molar-refractivity contribution in [1.29, 1.82) is 0 Å². The number of halogens is 2. The van der Waals surface area contributed by atoms with Gasteiger partial charge in [0.05, 0.1) is 28.4 Å². The van der Waals surface area contributed by atoms with Crippen LogP contribution in [0.3, 0.4) is 0 Å². The van der Waals surface area contributed by atoms with Crippen molar-refractivity contribution >= 4 is 43.8 Å². The summed E-state index contributed by atoms with van der Waals surface area (Å²) in [7, 11) is -2.67. The lowest BCUT2D eigenvalue weighted by Gasteiger charge is -2.23.